The summed E-state index contributed by atoms with van der Waals surface area (Å²) >= 11 is 5.80. The molecule has 2 aromatic rings. The molecule has 0 aromatic heterocycles. The molecule has 0 atom stereocenters. The molecule has 0 spiro atoms. The molecule has 0 fully saturated rings. The van der Waals surface area contributed by atoms with E-state index in [1.807, 2.05) is 6.07 Å². The molecule has 2 aromatic carbocycles. The van der Waals surface area contributed by atoms with Crippen molar-refractivity contribution in [2.24, 2.45) is 0 Å². The third-order valence-corrected chi connectivity index (χ3v) is 3.39. The maximum atomic E-state index is 14.0. The average molecular weight is 324 g/mol. The number of ether oxygens (including phenoxy) is 1. The Morgan fingerprint density at radius 1 is 1.09 bits per heavy atom. The minimum absolute atomic E-state index is 0.179. The number of rotatable bonds is 8. The van der Waals surface area contributed by atoms with E-state index in [4.69, 9.17) is 21.4 Å². The van der Waals surface area contributed by atoms with Crippen LogP contribution in [0.2, 0.25) is 5.02 Å². The molecule has 0 amide bonds. The van der Waals surface area contributed by atoms with E-state index >= 15 is 0 Å². The molecule has 5 heteroatoms. The molecular formula is C17H19ClFNO2. The molecule has 2 N–H and O–H groups in total. The van der Waals surface area contributed by atoms with Gasteiger partial charge in [0, 0.05) is 11.6 Å². The van der Waals surface area contributed by atoms with E-state index in [9.17, 15) is 4.39 Å². The first-order valence-electron chi connectivity index (χ1n) is 7.22. The highest BCUT2D eigenvalue weighted by Gasteiger charge is 2.06. The highest BCUT2D eigenvalue weighted by Crippen LogP contribution is 2.26. The topological polar surface area (TPSA) is 41.5 Å². The molecule has 118 valence electrons. The lowest BCUT2D eigenvalue weighted by molar-refractivity contribution is 0.286. The van der Waals surface area contributed by atoms with Crippen LogP contribution in [-0.4, -0.2) is 24.8 Å². The molecule has 0 unspecified atom stereocenters. The summed E-state index contributed by atoms with van der Waals surface area (Å²) in [5, 5.41) is 12.5. The zero-order chi connectivity index (χ0) is 15.8. The van der Waals surface area contributed by atoms with Gasteiger partial charge in [-0.15, -0.1) is 0 Å². The van der Waals surface area contributed by atoms with Crippen molar-refractivity contribution in [3.05, 3.63) is 58.9 Å². The number of nitrogens with one attached hydrogen (secondary N) is 1. The summed E-state index contributed by atoms with van der Waals surface area (Å²) in [6, 6.07) is 11.7. The van der Waals surface area contributed by atoms with Gasteiger partial charge in [0.1, 0.15) is 5.75 Å². The molecule has 0 bridgehead atoms. The van der Waals surface area contributed by atoms with E-state index in [0.717, 1.165) is 31.5 Å². The third kappa shape index (κ3) is 5.30. The lowest BCUT2D eigenvalue weighted by Crippen LogP contribution is -2.19. The third-order valence-electron chi connectivity index (χ3n) is 3.14. The van der Waals surface area contributed by atoms with Crippen LogP contribution in [0.25, 0.3) is 0 Å². The average Bonchev–Trinajstić information content (AvgIpc) is 2.52. The molecular weight excluding hydrogens is 305 g/mol. The van der Waals surface area contributed by atoms with E-state index < -0.39 is 0 Å². The van der Waals surface area contributed by atoms with Crippen LogP contribution < -0.4 is 10.1 Å². The van der Waals surface area contributed by atoms with Crippen LogP contribution in [0.3, 0.4) is 0 Å². The van der Waals surface area contributed by atoms with Gasteiger partial charge in [-0.25, -0.2) is 4.39 Å². The van der Waals surface area contributed by atoms with Crippen LogP contribution in [0, 0.1) is 5.82 Å². The summed E-state index contributed by atoms with van der Waals surface area (Å²) in [7, 11) is 0. The number of halogens is 2. The Morgan fingerprint density at radius 3 is 2.55 bits per heavy atom. The molecule has 2 rings (SSSR count). The van der Waals surface area contributed by atoms with Gasteiger partial charge >= 0.3 is 0 Å². The Morgan fingerprint density at radius 2 is 1.86 bits per heavy atom. The van der Waals surface area contributed by atoms with Gasteiger partial charge in [-0.05, 0) is 67.9 Å². The smallest absolute Gasteiger partial charge is 0.165 e. The van der Waals surface area contributed by atoms with Crippen LogP contribution in [0.4, 0.5) is 4.39 Å². The molecule has 0 aliphatic heterocycles. The van der Waals surface area contributed by atoms with E-state index in [2.05, 4.69) is 5.32 Å². The molecule has 0 aliphatic carbocycles. The second-order valence-electron chi connectivity index (χ2n) is 4.90. The lowest BCUT2D eigenvalue weighted by atomic mass is 10.1. The molecule has 0 saturated heterocycles. The predicted octanol–water partition coefficient (Wildman–Crippen LogP) is 3.79. The normalized spacial score (nSPS) is 10.7. The van der Waals surface area contributed by atoms with E-state index in [1.54, 1.807) is 30.3 Å². The van der Waals surface area contributed by atoms with Crippen LogP contribution in [0.5, 0.6) is 11.5 Å². The Kier molecular flexibility index (Phi) is 6.65. The summed E-state index contributed by atoms with van der Waals surface area (Å²) in [5.41, 5.74) is 0.900. The van der Waals surface area contributed by atoms with Crippen LogP contribution >= 0.6 is 11.6 Å². The first kappa shape index (κ1) is 16.7. The van der Waals surface area contributed by atoms with Crippen molar-refractivity contribution in [3.8, 4) is 11.5 Å². The summed E-state index contributed by atoms with van der Waals surface area (Å²) in [4.78, 5) is 0. The maximum Gasteiger partial charge on any atom is 0.165 e. The monoisotopic (exact) mass is 323 g/mol. The Bertz CT molecular complexity index is 590. The molecule has 0 radical (unpaired) electrons. The summed E-state index contributed by atoms with van der Waals surface area (Å²) in [5.74, 6) is 0.351. The second-order valence-corrected chi connectivity index (χ2v) is 5.33. The Labute approximate surface area is 134 Å². The predicted molar refractivity (Wildman–Crippen MR) is 86.2 cm³/mol. The number of hydrogen-bond acceptors (Lipinski definition) is 3. The minimum Gasteiger partial charge on any atom is -0.454 e. The fourth-order valence-electron chi connectivity index (χ4n) is 1.97. The SMILES string of the molecule is OCCCNCCc1ccc(Oc2ccc(Cl)cc2)c(F)c1. The lowest BCUT2D eigenvalue weighted by Gasteiger charge is -2.09. The zero-order valence-corrected chi connectivity index (χ0v) is 12.9. The molecule has 0 heterocycles. The summed E-state index contributed by atoms with van der Waals surface area (Å²) in [6.07, 6.45) is 1.45. The van der Waals surface area contributed by atoms with Gasteiger partial charge in [0.25, 0.3) is 0 Å². The zero-order valence-electron chi connectivity index (χ0n) is 12.2. The number of hydrogen-bond donors (Lipinski definition) is 2. The van der Waals surface area contributed by atoms with Crippen molar-refractivity contribution >= 4 is 11.6 Å². The van der Waals surface area contributed by atoms with Crippen molar-refractivity contribution in [1.29, 1.82) is 0 Å². The fraction of sp³-hybridized carbons (Fsp3) is 0.294. The Hall–Kier alpha value is -1.62. The van der Waals surface area contributed by atoms with Crippen LogP contribution in [0.15, 0.2) is 42.5 Å². The summed E-state index contributed by atoms with van der Waals surface area (Å²) < 4.78 is 19.5. The highest BCUT2D eigenvalue weighted by molar-refractivity contribution is 6.30. The van der Waals surface area contributed by atoms with Gasteiger partial charge in [-0.2, -0.15) is 0 Å². The maximum absolute atomic E-state index is 14.0. The van der Waals surface area contributed by atoms with Crippen molar-refractivity contribution in [2.75, 3.05) is 19.7 Å². The first-order chi connectivity index (χ1) is 10.7. The van der Waals surface area contributed by atoms with Gasteiger partial charge in [-0.3, -0.25) is 0 Å². The van der Waals surface area contributed by atoms with E-state index in [-0.39, 0.29) is 18.2 Å². The van der Waals surface area contributed by atoms with Gasteiger partial charge in [0.05, 0.1) is 0 Å². The van der Waals surface area contributed by atoms with Crippen LogP contribution in [-0.2, 0) is 6.42 Å². The van der Waals surface area contributed by atoms with E-state index in [0.29, 0.717) is 10.8 Å². The fourth-order valence-corrected chi connectivity index (χ4v) is 2.10. The Balaban J connectivity index is 1.90. The van der Waals surface area contributed by atoms with Gasteiger partial charge in [0.2, 0.25) is 0 Å². The summed E-state index contributed by atoms with van der Waals surface area (Å²) in [6.45, 7) is 1.69. The van der Waals surface area contributed by atoms with E-state index in [1.165, 1.54) is 6.07 Å². The first-order valence-corrected chi connectivity index (χ1v) is 7.60. The number of aliphatic hydroxyl groups excluding tert-OH is 1. The number of aliphatic hydroxyl groups is 1. The molecule has 22 heavy (non-hydrogen) atoms. The molecule has 0 saturated carbocycles. The molecule has 0 aliphatic rings. The van der Waals surface area contributed by atoms with Crippen molar-refractivity contribution in [2.45, 2.75) is 12.8 Å². The van der Waals surface area contributed by atoms with Crippen molar-refractivity contribution in [3.63, 3.8) is 0 Å². The van der Waals surface area contributed by atoms with Gasteiger partial charge in [0.15, 0.2) is 11.6 Å². The van der Waals surface area contributed by atoms with Crippen molar-refractivity contribution < 1.29 is 14.2 Å². The van der Waals surface area contributed by atoms with Gasteiger partial charge < -0.3 is 15.2 Å². The van der Waals surface area contributed by atoms with Crippen molar-refractivity contribution in [1.82, 2.24) is 5.32 Å². The van der Waals surface area contributed by atoms with Gasteiger partial charge in [-0.1, -0.05) is 17.7 Å². The standard InChI is InChI=1S/C17H19ClFNO2/c18-14-3-5-15(6-4-14)22-17-7-2-13(12-16(17)19)8-10-20-9-1-11-21/h2-7,12,20-21H,1,8-11H2. The highest BCUT2D eigenvalue weighted by atomic mass is 35.5. The minimum atomic E-state index is -0.386. The molecule has 3 nitrogen and oxygen atoms in total. The number of benzene rings is 2. The second kappa shape index (κ2) is 8.73. The quantitative estimate of drug-likeness (QED) is 0.726. The van der Waals surface area contributed by atoms with Crippen LogP contribution in [0.1, 0.15) is 12.0 Å². The largest absolute Gasteiger partial charge is 0.454 e.